The van der Waals surface area contributed by atoms with Gasteiger partial charge >= 0.3 is 5.97 Å². The number of hydrogen-bond donors (Lipinski definition) is 1. The molecule has 3 rings (SSSR count). The second-order valence-electron chi connectivity index (χ2n) is 5.00. The van der Waals surface area contributed by atoms with Crippen LogP contribution in [0.3, 0.4) is 0 Å². The predicted molar refractivity (Wildman–Crippen MR) is 69.5 cm³/mol. The Hall–Kier alpha value is -1.90. The SMILES string of the molecule is O=C(O)C1(c2cccc3cnccc23)CCCC1. The van der Waals surface area contributed by atoms with Crippen LogP contribution in [0.15, 0.2) is 36.7 Å². The number of aromatic nitrogens is 1. The van der Waals surface area contributed by atoms with Gasteiger partial charge in [0, 0.05) is 17.8 Å². The van der Waals surface area contributed by atoms with Crippen LogP contribution in [0, 0.1) is 0 Å². The highest BCUT2D eigenvalue weighted by Gasteiger charge is 2.43. The number of hydrogen-bond acceptors (Lipinski definition) is 2. The van der Waals surface area contributed by atoms with Gasteiger partial charge in [0.15, 0.2) is 0 Å². The lowest BCUT2D eigenvalue weighted by molar-refractivity contribution is -0.143. The molecule has 0 spiro atoms. The van der Waals surface area contributed by atoms with Gasteiger partial charge in [-0.1, -0.05) is 31.0 Å². The van der Waals surface area contributed by atoms with Gasteiger partial charge in [0.25, 0.3) is 0 Å². The topological polar surface area (TPSA) is 50.2 Å². The van der Waals surface area contributed by atoms with Crippen LogP contribution in [0.25, 0.3) is 10.8 Å². The maximum Gasteiger partial charge on any atom is 0.314 e. The molecular formula is C15H15NO2. The van der Waals surface area contributed by atoms with E-state index in [1.165, 1.54) is 0 Å². The molecule has 0 radical (unpaired) electrons. The van der Waals surface area contributed by atoms with E-state index in [1.807, 2.05) is 24.3 Å². The van der Waals surface area contributed by atoms with E-state index in [0.717, 1.165) is 42.0 Å². The Morgan fingerprint density at radius 2 is 2.00 bits per heavy atom. The number of aliphatic carboxylic acids is 1. The van der Waals surface area contributed by atoms with E-state index in [1.54, 1.807) is 12.4 Å². The molecule has 1 aromatic carbocycles. The quantitative estimate of drug-likeness (QED) is 0.878. The zero-order chi connectivity index (χ0) is 12.6. The molecule has 3 heteroatoms. The van der Waals surface area contributed by atoms with Crippen molar-refractivity contribution in [2.75, 3.05) is 0 Å². The highest BCUT2D eigenvalue weighted by atomic mass is 16.4. The fourth-order valence-corrected chi connectivity index (χ4v) is 3.12. The molecule has 92 valence electrons. The molecule has 1 aromatic heterocycles. The van der Waals surface area contributed by atoms with E-state index < -0.39 is 11.4 Å². The van der Waals surface area contributed by atoms with Crippen molar-refractivity contribution in [2.45, 2.75) is 31.1 Å². The summed E-state index contributed by atoms with van der Waals surface area (Å²) in [6, 6.07) is 7.80. The summed E-state index contributed by atoms with van der Waals surface area (Å²) in [5.41, 5.74) is 0.258. The first-order valence-electron chi connectivity index (χ1n) is 6.31. The van der Waals surface area contributed by atoms with Crippen molar-refractivity contribution in [1.29, 1.82) is 0 Å². The fraction of sp³-hybridized carbons (Fsp3) is 0.333. The summed E-state index contributed by atoms with van der Waals surface area (Å²) in [6.45, 7) is 0. The number of carboxylic acids is 1. The number of benzene rings is 1. The molecule has 1 aliphatic carbocycles. The standard InChI is InChI=1S/C15H15NO2/c17-14(18)15(7-1-2-8-15)13-5-3-4-11-10-16-9-6-12(11)13/h3-6,9-10H,1-2,7-8H2,(H,17,18). The lowest BCUT2D eigenvalue weighted by Crippen LogP contribution is -2.32. The van der Waals surface area contributed by atoms with E-state index in [4.69, 9.17) is 0 Å². The van der Waals surface area contributed by atoms with Crippen LogP contribution in [0.2, 0.25) is 0 Å². The number of carboxylic acid groups (broad SMARTS) is 1. The maximum atomic E-state index is 11.8. The summed E-state index contributed by atoms with van der Waals surface area (Å²) >= 11 is 0. The van der Waals surface area contributed by atoms with Gasteiger partial charge in [-0.3, -0.25) is 9.78 Å². The molecule has 0 aliphatic heterocycles. The summed E-state index contributed by atoms with van der Waals surface area (Å²) in [5.74, 6) is -0.690. The number of carbonyl (C=O) groups is 1. The third-order valence-corrected chi connectivity index (χ3v) is 4.06. The highest BCUT2D eigenvalue weighted by Crippen LogP contribution is 2.43. The first-order valence-corrected chi connectivity index (χ1v) is 6.31. The lowest BCUT2D eigenvalue weighted by Gasteiger charge is -2.25. The third kappa shape index (κ3) is 1.50. The molecule has 1 aliphatic rings. The van der Waals surface area contributed by atoms with E-state index in [2.05, 4.69) is 4.98 Å². The number of fused-ring (bicyclic) bond motifs is 1. The third-order valence-electron chi connectivity index (χ3n) is 4.06. The highest BCUT2D eigenvalue weighted by molar-refractivity contribution is 5.92. The summed E-state index contributed by atoms with van der Waals surface area (Å²) in [5, 5.41) is 11.7. The first kappa shape index (κ1) is 11.2. The lowest BCUT2D eigenvalue weighted by atomic mass is 9.77. The van der Waals surface area contributed by atoms with Crippen LogP contribution in [0.4, 0.5) is 0 Å². The average Bonchev–Trinajstić information content (AvgIpc) is 2.88. The Morgan fingerprint density at radius 1 is 1.22 bits per heavy atom. The second-order valence-corrected chi connectivity index (χ2v) is 5.00. The van der Waals surface area contributed by atoms with Crippen LogP contribution in [0.1, 0.15) is 31.2 Å². The molecule has 1 N–H and O–H groups in total. The molecule has 0 unspecified atom stereocenters. The van der Waals surface area contributed by atoms with Crippen LogP contribution < -0.4 is 0 Å². The van der Waals surface area contributed by atoms with Gasteiger partial charge in [0.1, 0.15) is 0 Å². The Kier molecular flexibility index (Phi) is 2.54. The minimum absolute atomic E-state index is 0.690. The van der Waals surface area contributed by atoms with Crippen LogP contribution in [-0.4, -0.2) is 16.1 Å². The minimum Gasteiger partial charge on any atom is -0.481 e. The van der Waals surface area contributed by atoms with Crippen LogP contribution >= 0.6 is 0 Å². The Balaban J connectivity index is 2.27. The Bertz CT molecular complexity index is 595. The van der Waals surface area contributed by atoms with Crippen molar-refractivity contribution in [3.05, 3.63) is 42.2 Å². The van der Waals surface area contributed by atoms with Crippen molar-refractivity contribution in [2.24, 2.45) is 0 Å². The van der Waals surface area contributed by atoms with Gasteiger partial charge in [-0.05, 0) is 29.9 Å². The first-order chi connectivity index (χ1) is 8.74. The van der Waals surface area contributed by atoms with Crippen molar-refractivity contribution in [1.82, 2.24) is 4.98 Å². The Labute approximate surface area is 105 Å². The number of pyridine rings is 1. The molecule has 1 fully saturated rings. The summed E-state index contributed by atoms with van der Waals surface area (Å²) < 4.78 is 0. The van der Waals surface area contributed by atoms with Crippen LogP contribution in [0.5, 0.6) is 0 Å². The van der Waals surface area contributed by atoms with E-state index in [0.29, 0.717) is 0 Å². The molecule has 2 aromatic rings. The predicted octanol–water partition coefficient (Wildman–Crippen LogP) is 3.13. The summed E-state index contributed by atoms with van der Waals surface area (Å²) in [6.07, 6.45) is 6.99. The largest absolute Gasteiger partial charge is 0.481 e. The molecular weight excluding hydrogens is 226 g/mol. The van der Waals surface area contributed by atoms with Gasteiger partial charge in [0.2, 0.25) is 0 Å². The van der Waals surface area contributed by atoms with Gasteiger partial charge in [0.05, 0.1) is 5.41 Å². The molecule has 0 saturated heterocycles. The van der Waals surface area contributed by atoms with E-state index >= 15 is 0 Å². The average molecular weight is 241 g/mol. The van der Waals surface area contributed by atoms with Gasteiger partial charge in [-0.2, -0.15) is 0 Å². The molecule has 18 heavy (non-hydrogen) atoms. The fourth-order valence-electron chi connectivity index (χ4n) is 3.12. The number of nitrogens with zero attached hydrogens (tertiary/aromatic N) is 1. The number of rotatable bonds is 2. The van der Waals surface area contributed by atoms with Gasteiger partial charge < -0.3 is 5.11 Å². The van der Waals surface area contributed by atoms with E-state index in [-0.39, 0.29) is 0 Å². The molecule has 1 saturated carbocycles. The van der Waals surface area contributed by atoms with Crippen LogP contribution in [-0.2, 0) is 10.2 Å². The maximum absolute atomic E-state index is 11.8. The van der Waals surface area contributed by atoms with Crippen molar-refractivity contribution >= 4 is 16.7 Å². The second kappa shape index (κ2) is 4.09. The summed E-state index contributed by atoms with van der Waals surface area (Å²) in [4.78, 5) is 15.9. The molecule has 1 heterocycles. The molecule has 0 bridgehead atoms. The summed E-state index contributed by atoms with van der Waals surface area (Å²) in [7, 11) is 0. The zero-order valence-electron chi connectivity index (χ0n) is 10.1. The molecule has 0 amide bonds. The minimum atomic E-state index is -0.694. The molecule has 0 atom stereocenters. The van der Waals surface area contributed by atoms with Crippen molar-refractivity contribution < 1.29 is 9.90 Å². The molecule has 3 nitrogen and oxygen atoms in total. The van der Waals surface area contributed by atoms with Crippen molar-refractivity contribution in [3.8, 4) is 0 Å². The zero-order valence-corrected chi connectivity index (χ0v) is 10.1. The van der Waals surface area contributed by atoms with Crippen molar-refractivity contribution in [3.63, 3.8) is 0 Å². The smallest absolute Gasteiger partial charge is 0.314 e. The van der Waals surface area contributed by atoms with E-state index in [9.17, 15) is 9.90 Å². The normalized spacial score (nSPS) is 18.0. The Morgan fingerprint density at radius 3 is 2.72 bits per heavy atom. The monoisotopic (exact) mass is 241 g/mol. The van der Waals surface area contributed by atoms with Gasteiger partial charge in [-0.25, -0.2) is 0 Å². The van der Waals surface area contributed by atoms with Gasteiger partial charge in [-0.15, -0.1) is 0 Å².